The van der Waals surface area contributed by atoms with Gasteiger partial charge in [-0.05, 0) is 100 Å². The highest BCUT2D eigenvalue weighted by Gasteiger charge is 2.30. The van der Waals surface area contributed by atoms with Crippen LogP contribution in [0.2, 0.25) is 10.0 Å². The maximum Gasteiger partial charge on any atom is 0.323 e. The number of rotatable bonds is 8. The van der Waals surface area contributed by atoms with Crippen molar-refractivity contribution in [2.24, 2.45) is 5.92 Å². The molecule has 0 aliphatic carbocycles. The first-order valence-corrected chi connectivity index (χ1v) is 17.0. The van der Waals surface area contributed by atoms with E-state index in [9.17, 15) is 19.1 Å². The molecule has 3 aromatic carbocycles. The molecule has 3 N–H and O–H groups in total. The van der Waals surface area contributed by atoms with Crippen molar-refractivity contribution >= 4 is 46.5 Å². The smallest absolute Gasteiger partial charge is 0.323 e. The van der Waals surface area contributed by atoms with Crippen LogP contribution >= 0.6 is 23.2 Å². The minimum Gasteiger partial charge on any atom is -0.490 e. The highest BCUT2D eigenvalue weighted by atomic mass is 35.5. The van der Waals surface area contributed by atoms with Crippen LogP contribution in [0.4, 0.5) is 20.6 Å². The molecule has 0 unspecified atom stereocenters. The Bertz CT molecular complexity index is 1530. The van der Waals surface area contributed by atoms with Gasteiger partial charge in [0.05, 0.1) is 40.5 Å². The molecule has 1 aliphatic rings. The molecule has 9 nitrogen and oxygen atoms in total. The normalized spacial score (nSPS) is 20.0. The van der Waals surface area contributed by atoms with Gasteiger partial charge in [0.2, 0.25) is 0 Å². The average Bonchev–Trinajstić information content (AvgIpc) is 3.05. The fourth-order valence-electron chi connectivity index (χ4n) is 5.61. The van der Waals surface area contributed by atoms with E-state index in [0.717, 1.165) is 24.8 Å². The van der Waals surface area contributed by atoms with Crippen molar-refractivity contribution in [1.82, 2.24) is 9.80 Å². The van der Waals surface area contributed by atoms with E-state index in [1.165, 1.54) is 24.3 Å². The molecule has 1 heterocycles. The number of hydrogen-bond donors (Lipinski definition) is 3. The van der Waals surface area contributed by atoms with Gasteiger partial charge < -0.3 is 30.1 Å². The third kappa shape index (κ3) is 10.8. The Morgan fingerprint density at radius 3 is 2.46 bits per heavy atom. The van der Waals surface area contributed by atoms with E-state index in [1.807, 2.05) is 33.0 Å². The summed E-state index contributed by atoms with van der Waals surface area (Å²) in [7, 11) is 2.01. The summed E-state index contributed by atoms with van der Waals surface area (Å²) in [6.07, 6.45) is 2.09. The molecule has 48 heavy (non-hydrogen) atoms. The summed E-state index contributed by atoms with van der Waals surface area (Å²) in [5, 5.41) is 16.6. The highest BCUT2D eigenvalue weighted by molar-refractivity contribution is 6.42. The maximum absolute atomic E-state index is 14.3. The van der Waals surface area contributed by atoms with Crippen molar-refractivity contribution in [3.63, 3.8) is 0 Å². The van der Waals surface area contributed by atoms with Crippen LogP contribution in [0.25, 0.3) is 0 Å². The van der Waals surface area contributed by atoms with Crippen LogP contribution < -0.4 is 15.4 Å². The SMILES string of the molecule is C[C@@H]1CCCCO[C@@H](CN(C)Cc2ccc(Cl)c(Cl)c2)[C@H](C)CN([C@H](C)CO)C(=O)c2cc(NC(=O)Nc3ccc(F)cc3)ccc2O1. The van der Waals surface area contributed by atoms with Gasteiger partial charge >= 0.3 is 6.03 Å². The third-order valence-electron chi connectivity index (χ3n) is 8.34. The fourth-order valence-corrected chi connectivity index (χ4v) is 5.93. The zero-order valence-electron chi connectivity index (χ0n) is 27.8. The number of likely N-dealkylation sites (N-methyl/N-ethyl adjacent to an activating group) is 1. The van der Waals surface area contributed by atoms with E-state index in [1.54, 1.807) is 36.1 Å². The summed E-state index contributed by atoms with van der Waals surface area (Å²) in [6.45, 7) is 7.66. The number of fused-ring (bicyclic) bond motifs is 1. The molecule has 1 aliphatic heterocycles. The van der Waals surface area contributed by atoms with E-state index in [2.05, 4.69) is 15.5 Å². The van der Waals surface area contributed by atoms with Crippen molar-refractivity contribution in [2.75, 3.05) is 44.0 Å². The van der Waals surface area contributed by atoms with Crippen molar-refractivity contribution in [3.05, 3.63) is 87.7 Å². The monoisotopic (exact) mass is 702 g/mol. The van der Waals surface area contributed by atoms with Crippen LogP contribution in [-0.4, -0.2) is 78.4 Å². The molecule has 3 aromatic rings. The number of nitrogens with one attached hydrogen (secondary N) is 2. The molecular weight excluding hydrogens is 658 g/mol. The van der Waals surface area contributed by atoms with E-state index >= 15 is 0 Å². The number of aliphatic hydroxyl groups excluding tert-OH is 1. The zero-order chi connectivity index (χ0) is 34.8. The lowest BCUT2D eigenvalue weighted by Crippen LogP contribution is -2.47. The standard InChI is InChI=1S/C36H45Cl2FN4O5/c1-23-19-43(24(2)22-44)35(45)30-18-29(41-36(46)40-28-11-9-27(39)10-12-28)13-15-33(30)48-25(3)7-5-6-16-47-34(23)21-42(4)20-26-8-14-31(37)32(38)17-26/h8-15,17-18,23-25,34,44H,5-7,16,19-22H2,1-4H3,(H2,40,41,46)/t23-,24-,25-,34+/m1/s1. The summed E-state index contributed by atoms with van der Waals surface area (Å²) < 4.78 is 26.1. The second-order valence-electron chi connectivity index (χ2n) is 12.5. The summed E-state index contributed by atoms with van der Waals surface area (Å²) in [4.78, 5) is 30.9. The summed E-state index contributed by atoms with van der Waals surface area (Å²) >= 11 is 12.4. The van der Waals surface area contributed by atoms with Crippen molar-refractivity contribution in [3.8, 4) is 5.75 Å². The highest BCUT2D eigenvalue weighted by Crippen LogP contribution is 2.29. The van der Waals surface area contributed by atoms with Gasteiger partial charge in [-0.2, -0.15) is 0 Å². The van der Waals surface area contributed by atoms with Gasteiger partial charge in [0.1, 0.15) is 11.6 Å². The zero-order valence-corrected chi connectivity index (χ0v) is 29.4. The van der Waals surface area contributed by atoms with Gasteiger partial charge in [-0.25, -0.2) is 9.18 Å². The number of aliphatic hydroxyl groups is 1. The van der Waals surface area contributed by atoms with Crippen molar-refractivity contribution in [2.45, 2.75) is 64.8 Å². The maximum atomic E-state index is 14.3. The average molecular weight is 704 g/mol. The second-order valence-corrected chi connectivity index (χ2v) is 13.4. The van der Waals surface area contributed by atoms with Gasteiger partial charge in [-0.1, -0.05) is 36.2 Å². The van der Waals surface area contributed by atoms with E-state index in [-0.39, 0.29) is 36.2 Å². The lowest BCUT2D eigenvalue weighted by molar-refractivity contribution is -0.0177. The Balaban J connectivity index is 1.58. The van der Waals surface area contributed by atoms with Crippen LogP contribution in [0.5, 0.6) is 5.75 Å². The summed E-state index contributed by atoms with van der Waals surface area (Å²) in [5.41, 5.74) is 2.07. The van der Waals surface area contributed by atoms with E-state index in [0.29, 0.717) is 53.4 Å². The molecule has 0 bridgehead atoms. The van der Waals surface area contributed by atoms with Gasteiger partial charge in [0.15, 0.2) is 0 Å². The lowest BCUT2D eigenvalue weighted by atomic mass is 10.0. The van der Waals surface area contributed by atoms with Crippen LogP contribution in [0.15, 0.2) is 60.7 Å². The van der Waals surface area contributed by atoms with E-state index < -0.39 is 17.9 Å². The summed E-state index contributed by atoms with van der Waals surface area (Å²) in [5.74, 6) is -0.462. The number of ether oxygens (including phenoxy) is 2. The minimum atomic E-state index is -0.552. The first kappa shape index (κ1) is 37.4. The number of amides is 3. The molecule has 4 rings (SSSR count). The Morgan fingerprint density at radius 2 is 1.75 bits per heavy atom. The predicted molar refractivity (Wildman–Crippen MR) is 189 cm³/mol. The molecule has 0 saturated carbocycles. The molecule has 0 saturated heterocycles. The predicted octanol–water partition coefficient (Wildman–Crippen LogP) is 7.70. The molecule has 3 amide bonds. The Labute approximate surface area is 292 Å². The first-order valence-electron chi connectivity index (χ1n) is 16.2. The number of benzene rings is 3. The number of anilines is 2. The first-order chi connectivity index (χ1) is 22.9. The van der Waals surface area contributed by atoms with Crippen molar-refractivity contribution < 1.29 is 28.6 Å². The van der Waals surface area contributed by atoms with Gasteiger partial charge in [0, 0.05) is 43.5 Å². The second kappa shape index (κ2) is 17.8. The lowest BCUT2D eigenvalue weighted by Gasteiger charge is -2.36. The van der Waals surface area contributed by atoms with Gasteiger partial charge in [0.25, 0.3) is 5.91 Å². The van der Waals surface area contributed by atoms with Crippen LogP contribution in [0, 0.1) is 11.7 Å². The molecular formula is C36H45Cl2FN4O5. The quantitative estimate of drug-likeness (QED) is 0.222. The van der Waals surface area contributed by atoms with Crippen LogP contribution in [0.1, 0.15) is 56.0 Å². The summed E-state index contributed by atoms with van der Waals surface area (Å²) in [6, 6.07) is 14.9. The van der Waals surface area contributed by atoms with Gasteiger partial charge in [-0.15, -0.1) is 0 Å². The number of nitrogens with zero attached hydrogens (tertiary/aromatic N) is 2. The van der Waals surface area contributed by atoms with Crippen LogP contribution in [-0.2, 0) is 11.3 Å². The molecule has 260 valence electrons. The molecule has 0 aromatic heterocycles. The number of carbonyl (C=O) groups excluding carboxylic acids is 2. The molecule has 4 atom stereocenters. The molecule has 0 radical (unpaired) electrons. The molecule has 0 spiro atoms. The number of halogens is 3. The minimum absolute atomic E-state index is 0.103. The Morgan fingerprint density at radius 1 is 1.04 bits per heavy atom. The number of hydrogen-bond acceptors (Lipinski definition) is 6. The molecule has 0 fully saturated rings. The Kier molecular flexibility index (Phi) is 13.9. The Hall–Kier alpha value is -3.41. The topological polar surface area (TPSA) is 103 Å². The molecule has 12 heteroatoms. The van der Waals surface area contributed by atoms with Crippen LogP contribution in [0.3, 0.4) is 0 Å². The number of carbonyl (C=O) groups is 2. The van der Waals surface area contributed by atoms with Gasteiger partial charge in [-0.3, -0.25) is 9.69 Å². The largest absolute Gasteiger partial charge is 0.490 e. The number of urea groups is 1. The third-order valence-corrected chi connectivity index (χ3v) is 9.08. The van der Waals surface area contributed by atoms with Crippen molar-refractivity contribution in [1.29, 1.82) is 0 Å². The van der Waals surface area contributed by atoms with E-state index in [4.69, 9.17) is 32.7 Å². The fraction of sp³-hybridized carbons (Fsp3) is 0.444.